The van der Waals surface area contributed by atoms with Gasteiger partial charge in [0.25, 0.3) is 0 Å². The number of hydrogen-bond donors (Lipinski definition) is 0. The van der Waals surface area contributed by atoms with Gasteiger partial charge in [-0.3, -0.25) is 9.59 Å². The molecule has 0 aromatic carbocycles. The summed E-state index contributed by atoms with van der Waals surface area (Å²) in [6.45, 7) is 4.41. The molecule has 0 aromatic rings. The minimum atomic E-state index is -1.14. The molecule has 0 aliphatic carbocycles. The Balaban J connectivity index is 4.51. The van der Waals surface area contributed by atoms with Gasteiger partial charge in [0.2, 0.25) is 0 Å². The molecule has 0 aliphatic heterocycles. The van der Waals surface area contributed by atoms with Crippen LogP contribution in [0.1, 0.15) is 155 Å². The maximum atomic E-state index is 12.6. The Kier molecular flexibility index (Phi) is 35.5. The molecule has 314 valence electrons. The topological polar surface area (TPSA) is 102 Å². The second kappa shape index (κ2) is 37.7. The maximum Gasteiger partial charge on any atom is 0.310 e. The molecule has 0 fully saturated rings. The van der Waals surface area contributed by atoms with Crippen molar-refractivity contribution in [3.63, 3.8) is 0 Å². The standard InChI is InChI=1S/C47H79NO7/c1-6-8-10-12-14-16-18-20-22-24-25-27-29-31-33-35-37-45(49)54-42-43(41-53-40-39-44(47(51)52)48(3,4)5)55-46(50)38-36-34-32-30-28-26-23-21-19-17-15-13-11-9-7-2/h9,11,15,17,21-24,28,30,34,36,43-44H,6-8,10,12-14,16,18-20,25-27,29,31-33,35,37-42H2,1-5H3/b11-9-,17-15-,23-21-,24-22-,30-28-,36-34-. The first-order valence-electron chi connectivity index (χ1n) is 21.5. The van der Waals surface area contributed by atoms with Gasteiger partial charge in [-0.1, -0.05) is 145 Å². The first-order valence-corrected chi connectivity index (χ1v) is 21.5. The predicted molar refractivity (Wildman–Crippen MR) is 226 cm³/mol. The van der Waals surface area contributed by atoms with Crippen molar-refractivity contribution in [2.24, 2.45) is 0 Å². The van der Waals surface area contributed by atoms with Crippen molar-refractivity contribution in [1.82, 2.24) is 0 Å². The summed E-state index contributed by atoms with van der Waals surface area (Å²) in [5, 5.41) is 11.6. The molecule has 2 atom stereocenters. The Morgan fingerprint density at radius 3 is 1.58 bits per heavy atom. The van der Waals surface area contributed by atoms with Crippen LogP contribution < -0.4 is 5.11 Å². The zero-order valence-electron chi connectivity index (χ0n) is 35.6. The molecule has 55 heavy (non-hydrogen) atoms. The molecule has 2 unspecified atom stereocenters. The van der Waals surface area contributed by atoms with E-state index in [0.29, 0.717) is 12.8 Å². The van der Waals surface area contributed by atoms with Crippen molar-refractivity contribution in [2.45, 2.75) is 167 Å². The number of rotatable bonds is 37. The van der Waals surface area contributed by atoms with Gasteiger partial charge in [-0.05, 0) is 64.2 Å². The van der Waals surface area contributed by atoms with Crippen molar-refractivity contribution in [3.05, 3.63) is 72.9 Å². The predicted octanol–water partition coefficient (Wildman–Crippen LogP) is 10.2. The lowest BCUT2D eigenvalue weighted by Gasteiger charge is -2.34. The van der Waals surface area contributed by atoms with Crippen LogP contribution in [-0.4, -0.2) is 75.5 Å². The lowest BCUT2D eigenvalue weighted by atomic mass is 10.1. The fourth-order valence-electron chi connectivity index (χ4n) is 5.79. The average molecular weight is 770 g/mol. The number of ether oxygens (including phenoxy) is 3. The van der Waals surface area contributed by atoms with E-state index in [4.69, 9.17) is 14.2 Å². The number of hydrogen-bond acceptors (Lipinski definition) is 7. The SMILES string of the molecule is CC/C=C\C/C=C\C/C=C\C/C=C\C/C=C\CC(=O)OC(COCCC(C(=O)[O-])[N+](C)(C)C)COC(=O)CCCCCCC/C=C\CCCCCCCCC. The number of esters is 2. The number of quaternary nitrogens is 1. The molecule has 0 rings (SSSR count). The number of carbonyl (C=O) groups excluding carboxylic acids is 3. The Morgan fingerprint density at radius 1 is 0.582 bits per heavy atom. The molecule has 0 aromatic heterocycles. The summed E-state index contributed by atoms with van der Waals surface area (Å²) in [4.78, 5) is 36.7. The van der Waals surface area contributed by atoms with Gasteiger partial charge in [0.15, 0.2) is 6.10 Å². The molecule has 0 heterocycles. The third kappa shape index (κ3) is 36.2. The van der Waals surface area contributed by atoms with E-state index in [2.05, 4.69) is 74.6 Å². The van der Waals surface area contributed by atoms with Gasteiger partial charge in [0.1, 0.15) is 12.6 Å². The Bertz CT molecular complexity index is 1130. The highest BCUT2D eigenvalue weighted by molar-refractivity contribution is 5.71. The van der Waals surface area contributed by atoms with Crippen molar-refractivity contribution in [3.8, 4) is 0 Å². The van der Waals surface area contributed by atoms with E-state index in [9.17, 15) is 19.5 Å². The molecule has 0 amide bonds. The number of likely N-dealkylation sites (N-methyl/N-ethyl adjacent to an activating group) is 1. The van der Waals surface area contributed by atoms with Crippen LogP contribution in [0.2, 0.25) is 0 Å². The third-order valence-electron chi connectivity index (χ3n) is 9.11. The van der Waals surface area contributed by atoms with Crippen LogP contribution in [0.15, 0.2) is 72.9 Å². The molecule has 0 saturated heterocycles. The van der Waals surface area contributed by atoms with Crippen molar-refractivity contribution in [2.75, 3.05) is 41.0 Å². The number of carboxylic acid groups (broad SMARTS) is 1. The molecule has 0 aliphatic rings. The van der Waals surface area contributed by atoms with E-state index in [-0.39, 0.29) is 43.1 Å². The first-order chi connectivity index (χ1) is 26.6. The molecule has 0 spiro atoms. The van der Waals surface area contributed by atoms with Crippen molar-refractivity contribution >= 4 is 17.9 Å². The van der Waals surface area contributed by atoms with Gasteiger partial charge < -0.3 is 28.6 Å². The summed E-state index contributed by atoms with van der Waals surface area (Å²) in [5.41, 5.74) is 0. The highest BCUT2D eigenvalue weighted by atomic mass is 16.6. The van der Waals surface area contributed by atoms with Crippen LogP contribution in [0.25, 0.3) is 0 Å². The fourth-order valence-corrected chi connectivity index (χ4v) is 5.79. The van der Waals surface area contributed by atoms with Gasteiger partial charge in [-0.25, -0.2) is 0 Å². The van der Waals surface area contributed by atoms with Crippen molar-refractivity contribution < 1.29 is 38.2 Å². The minimum Gasteiger partial charge on any atom is -0.544 e. The Morgan fingerprint density at radius 2 is 1.07 bits per heavy atom. The zero-order chi connectivity index (χ0) is 40.7. The van der Waals surface area contributed by atoms with Gasteiger partial charge >= 0.3 is 11.9 Å². The smallest absolute Gasteiger partial charge is 0.310 e. The van der Waals surface area contributed by atoms with E-state index >= 15 is 0 Å². The molecule has 0 N–H and O–H groups in total. The number of aliphatic carboxylic acids is 1. The van der Waals surface area contributed by atoms with Gasteiger partial charge in [-0.15, -0.1) is 0 Å². The van der Waals surface area contributed by atoms with Crippen LogP contribution >= 0.6 is 0 Å². The molecule has 8 nitrogen and oxygen atoms in total. The Hall–Kier alpha value is -3.23. The normalized spacial score (nSPS) is 13.7. The quantitative estimate of drug-likeness (QED) is 0.0268. The number of unbranched alkanes of at least 4 members (excludes halogenated alkanes) is 12. The first kappa shape index (κ1) is 51.8. The lowest BCUT2D eigenvalue weighted by Crippen LogP contribution is -2.55. The third-order valence-corrected chi connectivity index (χ3v) is 9.11. The van der Waals surface area contributed by atoms with E-state index in [1.807, 2.05) is 6.08 Å². The Labute approximate surface area is 336 Å². The molecular weight excluding hydrogens is 691 g/mol. The molecule has 0 bridgehead atoms. The van der Waals surface area contributed by atoms with Crippen LogP contribution in [0.4, 0.5) is 0 Å². The molecule has 8 heteroatoms. The summed E-state index contributed by atoms with van der Waals surface area (Å²) < 4.78 is 17.0. The summed E-state index contributed by atoms with van der Waals surface area (Å²) >= 11 is 0. The van der Waals surface area contributed by atoms with E-state index in [1.165, 1.54) is 57.8 Å². The van der Waals surface area contributed by atoms with E-state index in [1.54, 1.807) is 27.2 Å². The van der Waals surface area contributed by atoms with Crippen LogP contribution in [-0.2, 0) is 28.6 Å². The second-order valence-corrected chi connectivity index (χ2v) is 15.2. The van der Waals surface area contributed by atoms with Gasteiger partial charge in [-0.2, -0.15) is 0 Å². The highest BCUT2D eigenvalue weighted by Gasteiger charge is 2.25. The number of carboxylic acids is 1. The van der Waals surface area contributed by atoms with Gasteiger partial charge in [0.05, 0.1) is 46.7 Å². The van der Waals surface area contributed by atoms with Crippen LogP contribution in [0.3, 0.4) is 0 Å². The number of allylic oxidation sites excluding steroid dienone is 11. The monoisotopic (exact) mass is 770 g/mol. The summed E-state index contributed by atoms with van der Waals surface area (Å²) in [5.74, 6) is -1.91. The minimum absolute atomic E-state index is 0.00487. The molecule has 0 radical (unpaired) electrons. The van der Waals surface area contributed by atoms with Crippen molar-refractivity contribution in [1.29, 1.82) is 0 Å². The molecular formula is C47H79NO7. The zero-order valence-corrected chi connectivity index (χ0v) is 35.6. The summed E-state index contributed by atoms with van der Waals surface area (Å²) in [6.07, 6.45) is 46.7. The van der Waals surface area contributed by atoms with E-state index in [0.717, 1.165) is 57.8 Å². The maximum absolute atomic E-state index is 12.6. The molecule has 0 saturated carbocycles. The number of carbonyl (C=O) groups is 3. The summed E-state index contributed by atoms with van der Waals surface area (Å²) in [7, 11) is 5.36. The number of nitrogens with zero attached hydrogens (tertiary/aromatic N) is 1. The second-order valence-electron chi connectivity index (χ2n) is 15.2. The van der Waals surface area contributed by atoms with Crippen LogP contribution in [0, 0.1) is 0 Å². The van der Waals surface area contributed by atoms with Crippen LogP contribution in [0.5, 0.6) is 0 Å². The summed E-state index contributed by atoms with van der Waals surface area (Å²) in [6, 6.07) is -0.745. The average Bonchev–Trinajstić information content (AvgIpc) is 3.14. The fraction of sp³-hybridized carbons (Fsp3) is 0.681. The largest absolute Gasteiger partial charge is 0.544 e. The van der Waals surface area contributed by atoms with Gasteiger partial charge in [0, 0.05) is 12.8 Å². The highest BCUT2D eigenvalue weighted by Crippen LogP contribution is 2.12. The lowest BCUT2D eigenvalue weighted by molar-refractivity contribution is -0.889. The van der Waals surface area contributed by atoms with E-state index < -0.39 is 24.1 Å².